The van der Waals surface area contributed by atoms with Gasteiger partial charge in [-0.15, -0.1) is 0 Å². The van der Waals surface area contributed by atoms with Crippen molar-refractivity contribution in [2.75, 3.05) is 18.5 Å². The Morgan fingerprint density at radius 3 is 2.50 bits per heavy atom. The maximum absolute atomic E-state index is 13.9. The highest BCUT2D eigenvalue weighted by Gasteiger charge is 2.16. The van der Waals surface area contributed by atoms with E-state index in [4.69, 9.17) is 23.2 Å². The van der Waals surface area contributed by atoms with Crippen LogP contribution in [0.3, 0.4) is 0 Å². The summed E-state index contributed by atoms with van der Waals surface area (Å²) in [5, 5.41) is 0.279. The summed E-state index contributed by atoms with van der Waals surface area (Å²) < 4.78 is 13.9. The Morgan fingerprint density at radius 1 is 1.23 bits per heavy atom. The Morgan fingerprint density at radius 2 is 1.91 bits per heavy atom. The molecule has 0 radical (unpaired) electrons. The van der Waals surface area contributed by atoms with Crippen molar-refractivity contribution in [1.29, 1.82) is 0 Å². The Hall–Kier alpha value is -1.20. The van der Waals surface area contributed by atoms with E-state index < -0.39 is 5.82 Å². The number of aromatic nitrogens is 3. The lowest BCUT2D eigenvalue weighted by molar-refractivity contribution is 0.631. The molecule has 1 fully saturated rings. The number of unbranched alkanes of at least 4 members (excludes halogenated alkanes) is 1. The molecule has 0 atom stereocenters. The smallest absolute Gasteiger partial charge is 0.225 e. The normalized spacial score (nSPS) is 12.8. The molecule has 3 rings (SSSR count). The van der Waals surface area contributed by atoms with Crippen LogP contribution in [0.15, 0.2) is 6.20 Å². The molecule has 120 valence electrons. The third-order valence-corrected chi connectivity index (χ3v) is 3.59. The summed E-state index contributed by atoms with van der Waals surface area (Å²) in [6, 6.07) is 0. The summed E-state index contributed by atoms with van der Waals surface area (Å²) in [6.45, 7) is 2.89. The molecular weight excluding hydrogens is 326 g/mol. The Labute approximate surface area is 139 Å². The first-order chi connectivity index (χ1) is 10.5. The van der Waals surface area contributed by atoms with Crippen LogP contribution in [0.2, 0.25) is 10.4 Å². The lowest BCUT2D eigenvalue weighted by Crippen LogP contribution is -2.20. The molecule has 1 aliphatic rings. The number of halogens is 3. The van der Waals surface area contributed by atoms with Crippen molar-refractivity contribution in [3.63, 3.8) is 0 Å². The predicted molar refractivity (Wildman–Crippen MR) is 89.3 cm³/mol. The first kappa shape index (κ1) is 17.2. The monoisotopic (exact) mass is 344 g/mol. The van der Waals surface area contributed by atoms with Crippen LogP contribution in [-0.4, -0.2) is 28.5 Å². The van der Waals surface area contributed by atoms with Gasteiger partial charge in [0.15, 0.2) is 11.0 Å². The van der Waals surface area contributed by atoms with Crippen LogP contribution in [0, 0.1) is 5.82 Å². The van der Waals surface area contributed by atoms with Crippen LogP contribution in [0.5, 0.6) is 0 Å². The number of nitrogens with zero attached hydrogens (tertiary/aromatic N) is 4. The standard InChI is InChI=1S/C12H13Cl2FN4.C3H6/c1-3-4-5-19(2)11-7-6-16-10(13)8(15)9(7)17-12(14)18-11;1-2-3-1/h6H,3-5H2,1-2H3;1-3H2. The second-order valence-corrected chi connectivity index (χ2v) is 5.97. The van der Waals surface area contributed by atoms with Crippen LogP contribution >= 0.6 is 23.2 Å². The number of hydrogen-bond donors (Lipinski definition) is 0. The number of anilines is 1. The minimum absolute atomic E-state index is 0.00739. The van der Waals surface area contributed by atoms with Crippen LogP contribution in [0.25, 0.3) is 10.9 Å². The zero-order chi connectivity index (χ0) is 16.1. The minimum Gasteiger partial charge on any atom is -0.359 e. The molecule has 0 N–H and O–H groups in total. The maximum Gasteiger partial charge on any atom is 0.225 e. The molecule has 7 heteroatoms. The second kappa shape index (κ2) is 7.88. The molecular formula is C15H19Cl2FN4. The molecule has 0 saturated heterocycles. The van der Waals surface area contributed by atoms with Gasteiger partial charge in [0.05, 0.1) is 5.39 Å². The number of hydrogen-bond acceptors (Lipinski definition) is 4. The lowest BCUT2D eigenvalue weighted by Gasteiger charge is -2.19. The van der Waals surface area contributed by atoms with E-state index in [1.54, 1.807) is 0 Å². The van der Waals surface area contributed by atoms with Gasteiger partial charge >= 0.3 is 0 Å². The van der Waals surface area contributed by atoms with Gasteiger partial charge in [-0.2, -0.15) is 4.98 Å². The van der Waals surface area contributed by atoms with Gasteiger partial charge in [-0.25, -0.2) is 14.4 Å². The minimum atomic E-state index is -0.673. The van der Waals surface area contributed by atoms with Crippen molar-refractivity contribution in [3.8, 4) is 0 Å². The van der Waals surface area contributed by atoms with Gasteiger partial charge in [0.1, 0.15) is 11.3 Å². The summed E-state index contributed by atoms with van der Waals surface area (Å²) in [6.07, 6.45) is 8.03. The molecule has 2 aromatic heterocycles. The molecule has 0 spiro atoms. The van der Waals surface area contributed by atoms with E-state index in [1.807, 2.05) is 11.9 Å². The molecule has 1 saturated carbocycles. The van der Waals surface area contributed by atoms with E-state index in [0.29, 0.717) is 11.2 Å². The van der Waals surface area contributed by atoms with E-state index in [9.17, 15) is 4.39 Å². The average molecular weight is 345 g/mol. The summed E-state index contributed by atoms with van der Waals surface area (Å²) in [5.74, 6) is -0.111. The molecule has 4 nitrogen and oxygen atoms in total. The Bertz CT molecular complexity index is 646. The van der Waals surface area contributed by atoms with Gasteiger partial charge in [0.25, 0.3) is 0 Å². The van der Waals surface area contributed by atoms with Crippen LogP contribution in [-0.2, 0) is 0 Å². The van der Waals surface area contributed by atoms with Crippen LogP contribution in [0.4, 0.5) is 10.2 Å². The van der Waals surface area contributed by atoms with E-state index in [-0.39, 0.29) is 16.0 Å². The number of fused-ring (bicyclic) bond motifs is 1. The van der Waals surface area contributed by atoms with Gasteiger partial charge < -0.3 is 4.90 Å². The fourth-order valence-corrected chi connectivity index (χ4v) is 2.09. The van der Waals surface area contributed by atoms with Crippen LogP contribution < -0.4 is 4.90 Å². The molecule has 0 aliphatic heterocycles. The van der Waals surface area contributed by atoms with Gasteiger partial charge in [-0.05, 0) is 18.0 Å². The van der Waals surface area contributed by atoms with Crippen molar-refractivity contribution >= 4 is 39.9 Å². The average Bonchev–Trinajstić information content (AvgIpc) is 3.37. The largest absolute Gasteiger partial charge is 0.359 e. The first-order valence-corrected chi connectivity index (χ1v) is 8.18. The highest BCUT2D eigenvalue weighted by molar-refractivity contribution is 6.30. The SMILES string of the molecule is C1CC1.CCCCN(C)c1nc(Cl)nc2c(F)c(Cl)ncc12. The van der Waals surface area contributed by atoms with E-state index in [0.717, 1.165) is 19.4 Å². The van der Waals surface area contributed by atoms with Crippen molar-refractivity contribution < 1.29 is 4.39 Å². The molecule has 0 bridgehead atoms. The Balaban J connectivity index is 0.000000523. The maximum atomic E-state index is 13.9. The molecule has 0 amide bonds. The first-order valence-electron chi connectivity index (χ1n) is 7.43. The highest BCUT2D eigenvalue weighted by Crippen LogP contribution is 2.28. The highest BCUT2D eigenvalue weighted by atomic mass is 35.5. The van der Waals surface area contributed by atoms with E-state index >= 15 is 0 Å². The predicted octanol–water partition coefficient (Wildman–Crippen LogP) is 4.88. The molecule has 1 aliphatic carbocycles. The van der Waals surface area contributed by atoms with Gasteiger partial charge in [-0.3, -0.25) is 0 Å². The summed E-state index contributed by atoms with van der Waals surface area (Å²) in [4.78, 5) is 13.8. The van der Waals surface area contributed by atoms with Gasteiger partial charge in [0.2, 0.25) is 5.28 Å². The molecule has 22 heavy (non-hydrogen) atoms. The zero-order valence-corrected chi connectivity index (χ0v) is 14.3. The third kappa shape index (κ3) is 4.40. The van der Waals surface area contributed by atoms with E-state index in [2.05, 4.69) is 21.9 Å². The topological polar surface area (TPSA) is 41.9 Å². The lowest BCUT2D eigenvalue weighted by atomic mass is 10.2. The number of rotatable bonds is 4. The molecule has 2 aromatic rings. The Kier molecular flexibility index (Phi) is 6.15. The van der Waals surface area contributed by atoms with Gasteiger partial charge in [-0.1, -0.05) is 44.2 Å². The molecule has 0 aromatic carbocycles. The molecule has 0 unspecified atom stereocenters. The quantitative estimate of drug-likeness (QED) is 0.585. The van der Waals surface area contributed by atoms with Crippen LogP contribution in [0.1, 0.15) is 39.0 Å². The summed E-state index contributed by atoms with van der Waals surface area (Å²) in [7, 11) is 1.88. The molecule has 2 heterocycles. The van der Waals surface area contributed by atoms with Crippen molar-refractivity contribution in [3.05, 3.63) is 22.5 Å². The van der Waals surface area contributed by atoms with Crippen molar-refractivity contribution in [1.82, 2.24) is 15.0 Å². The van der Waals surface area contributed by atoms with E-state index in [1.165, 1.54) is 25.5 Å². The van der Waals surface area contributed by atoms with Gasteiger partial charge in [0, 0.05) is 19.8 Å². The number of pyridine rings is 1. The second-order valence-electron chi connectivity index (χ2n) is 5.28. The zero-order valence-electron chi connectivity index (χ0n) is 12.7. The summed E-state index contributed by atoms with van der Waals surface area (Å²) in [5.41, 5.74) is 0.0957. The fraction of sp³-hybridized carbons (Fsp3) is 0.533. The van der Waals surface area contributed by atoms with Crippen molar-refractivity contribution in [2.24, 2.45) is 0 Å². The fourth-order valence-electron chi connectivity index (χ4n) is 1.78. The summed E-state index contributed by atoms with van der Waals surface area (Å²) >= 11 is 11.5. The van der Waals surface area contributed by atoms with Crippen molar-refractivity contribution in [2.45, 2.75) is 39.0 Å². The third-order valence-electron chi connectivity index (χ3n) is 3.16.